The molecule has 0 aliphatic carbocycles. The van der Waals surface area contributed by atoms with Gasteiger partial charge in [-0.1, -0.05) is 13.8 Å². The van der Waals surface area contributed by atoms with Gasteiger partial charge in [-0.3, -0.25) is 0 Å². The van der Waals surface area contributed by atoms with Crippen LogP contribution in [0.2, 0.25) is 0 Å². The van der Waals surface area contributed by atoms with E-state index >= 15 is 0 Å². The number of piperidine rings is 1. The fraction of sp³-hybridized carbons (Fsp3) is 1.00. The normalized spacial score (nSPS) is 23.8. The molecule has 0 saturated carbocycles. The Labute approximate surface area is 129 Å². The molecule has 5 nitrogen and oxygen atoms in total. The third-order valence-corrected chi connectivity index (χ3v) is 6.21. The molecule has 0 aromatic carbocycles. The number of likely N-dealkylation sites (tertiary alicyclic amines) is 1. The summed E-state index contributed by atoms with van der Waals surface area (Å²) < 4.78 is 31.9. The zero-order chi connectivity index (χ0) is 15.3. The van der Waals surface area contributed by atoms with Gasteiger partial charge in [0.25, 0.3) is 0 Å². The maximum atomic E-state index is 11.9. The van der Waals surface area contributed by atoms with E-state index in [0.717, 1.165) is 52.0 Å². The molecule has 0 aromatic heterocycles. The van der Waals surface area contributed by atoms with E-state index in [1.807, 2.05) is 13.8 Å². The van der Waals surface area contributed by atoms with E-state index in [0.29, 0.717) is 18.5 Å². The molecule has 0 amide bonds. The van der Waals surface area contributed by atoms with Crippen molar-refractivity contribution in [3.8, 4) is 0 Å². The summed E-state index contributed by atoms with van der Waals surface area (Å²) in [6, 6.07) is 0.678. The second-order valence-corrected chi connectivity index (χ2v) is 8.70. The van der Waals surface area contributed by atoms with Crippen LogP contribution < -0.4 is 4.72 Å². The lowest BCUT2D eigenvalue weighted by Crippen LogP contribution is -2.45. The van der Waals surface area contributed by atoms with Gasteiger partial charge < -0.3 is 9.64 Å². The molecule has 124 valence electrons. The Morgan fingerprint density at radius 2 is 1.76 bits per heavy atom. The van der Waals surface area contributed by atoms with Gasteiger partial charge in [-0.15, -0.1) is 0 Å². The fourth-order valence-corrected chi connectivity index (χ4v) is 4.80. The molecule has 2 aliphatic rings. The molecule has 2 saturated heterocycles. The summed E-state index contributed by atoms with van der Waals surface area (Å²) in [7, 11) is -3.09. The first-order chi connectivity index (χ1) is 9.96. The molecule has 2 rings (SSSR count). The van der Waals surface area contributed by atoms with Gasteiger partial charge in [-0.2, -0.15) is 0 Å². The first kappa shape index (κ1) is 17.2. The predicted molar refractivity (Wildman–Crippen MR) is 84.8 cm³/mol. The van der Waals surface area contributed by atoms with E-state index in [1.54, 1.807) is 0 Å². The SMILES string of the molecule is CC(C)CS(=O)(=O)NCC1CCN(C2CCOCC2)CC1. The lowest BCUT2D eigenvalue weighted by molar-refractivity contribution is 0.0214. The van der Waals surface area contributed by atoms with E-state index in [2.05, 4.69) is 9.62 Å². The Kier molecular flexibility index (Phi) is 6.47. The Bertz CT molecular complexity index is 397. The summed E-state index contributed by atoms with van der Waals surface area (Å²) >= 11 is 0. The molecule has 0 aromatic rings. The van der Waals surface area contributed by atoms with Crippen molar-refractivity contribution in [3.05, 3.63) is 0 Å². The first-order valence-corrected chi connectivity index (χ1v) is 9.90. The summed E-state index contributed by atoms with van der Waals surface area (Å²) in [5.74, 6) is 0.898. The van der Waals surface area contributed by atoms with E-state index in [1.165, 1.54) is 0 Å². The molecular formula is C15H30N2O3S. The van der Waals surface area contributed by atoms with E-state index in [9.17, 15) is 8.42 Å². The highest BCUT2D eigenvalue weighted by Gasteiger charge is 2.27. The zero-order valence-electron chi connectivity index (χ0n) is 13.4. The molecule has 1 N–H and O–H groups in total. The molecule has 0 unspecified atom stereocenters. The molecule has 2 aliphatic heterocycles. The summed E-state index contributed by atoms with van der Waals surface area (Å²) in [6.45, 7) is 8.45. The van der Waals surface area contributed by atoms with Crippen molar-refractivity contribution >= 4 is 10.0 Å². The number of sulfonamides is 1. The molecule has 2 heterocycles. The molecule has 2 fully saturated rings. The first-order valence-electron chi connectivity index (χ1n) is 8.25. The molecular weight excluding hydrogens is 288 g/mol. The van der Waals surface area contributed by atoms with Crippen LogP contribution in [-0.4, -0.2) is 58.0 Å². The van der Waals surface area contributed by atoms with Gasteiger partial charge in [0.2, 0.25) is 10.0 Å². The Morgan fingerprint density at radius 1 is 1.14 bits per heavy atom. The largest absolute Gasteiger partial charge is 0.381 e. The summed E-state index contributed by atoms with van der Waals surface area (Å²) in [4.78, 5) is 2.57. The summed E-state index contributed by atoms with van der Waals surface area (Å²) in [6.07, 6.45) is 4.49. The summed E-state index contributed by atoms with van der Waals surface area (Å²) in [5.41, 5.74) is 0. The van der Waals surface area contributed by atoms with Crippen LogP contribution in [0.25, 0.3) is 0 Å². The van der Waals surface area contributed by atoms with Crippen LogP contribution >= 0.6 is 0 Å². The Balaban J connectivity index is 1.69. The standard InChI is InChI=1S/C15H30N2O3S/c1-13(2)12-21(18,19)16-11-14-3-7-17(8-4-14)15-5-9-20-10-6-15/h13-16H,3-12H2,1-2H3. The minimum atomic E-state index is -3.09. The Morgan fingerprint density at radius 3 is 2.33 bits per heavy atom. The van der Waals surface area contributed by atoms with Crippen LogP contribution in [-0.2, 0) is 14.8 Å². The van der Waals surface area contributed by atoms with Gasteiger partial charge in [-0.05, 0) is 50.6 Å². The number of hydrogen-bond donors (Lipinski definition) is 1. The van der Waals surface area contributed by atoms with Gasteiger partial charge in [-0.25, -0.2) is 13.1 Å². The van der Waals surface area contributed by atoms with Gasteiger partial charge >= 0.3 is 0 Å². The lowest BCUT2D eigenvalue weighted by atomic mass is 9.94. The molecule has 0 radical (unpaired) electrons. The third-order valence-electron chi connectivity index (χ3n) is 4.50. The monoisotopic (exact) mass is 318 g/mol. The van der Waals surface area contributed by atoms with Crippen LogP contribution in [0.15, 0.2) is 0 Å². The van der Waals surface area contributed by atoms with Crippen molar-refractivity contribution in [2.45, 2.75) is 45.6 Å². The van der Waals surface area contributed by atoms with E-state index in [-0.39, 0.29) is 11.7 Å². The molecule has 0 bridgehead atoms. The highest BCUT2D eigenvalue weighted by Crippen LogP contribution is 2.22. The third kappa shape index (κ3) is 5.85. The van der Waals surface area contributed by atoms with Gasteiger partial charge in [0.05, 0.1) is 5.75 Å². The topological polar surface area (TPSA) is 58.6 Å². The van der Waals surface area contributed by atoms with Crippen LogP contribution in [0.5, 0.6) is 0 Å². The molecule has 0 spiro atoms. The average molecular weight is 318 g/mol. The van der Waals surface area contributed by atoms with Crippen molar-refractivity contribution in [2.24, 2.45) is 11.8 Å². The van der Waals surface area contributed by atoms with Crippen LogP contribution in [0.4, 0.5) is 0 Å². The maximum absolute atomic E-state index is 11.9. The molecule has 21 heavy (non-hydrogen) atoms. The second kappa shape index (κ2) is 7.90. The number of nitrogens with one attached hydrogen (secondary N) is 1. The van der Waals surface area contributed by atoms with Crippen molar-refractivity contribution < 1.29 is 13.2 Å². The van der Waals surface area contributed by atoms with Gasteiger partial charge in [0, 0.05) is 25.8 Å². The van der Waals surface area contributed by atoms with Crippen LogP contribution in [0.1, 0.15) is 39.5 Å². The van der Waals surface area contributed by atoms with Crippen molar-refractivity contribution in [2.75, 3.05) is 38.6 Å². The van der Waals surface area contributed by atoms with E-state index < -0.39 is 10.0 Å². The molecule has 6 heteroatoms. The van der Waals surface area contributed by atoms with Gasteiger partial charge in [0.1, 0.15) is 0 Å². The van der Waals surface area contributed by atoms with Crippen LogP contribution in [0, 0.1) is 11.8 Å². The maximum Gasteiger partial charge on any atom is 0.211 e. The minimum absolute atomic E-state index is 0.179. The van der Waals surface area contributed by atoms with Crippen LogP contribution in [0.3, 0.4) is 0 Å². The highest BCUT2D eigenvalue weighted by atomic mass is 32.2. The van der Waals surface area contributed by atoms with Crippen molar-refractivity contribution in [3.63, 3.8) is 0 Å². The zero-order valence-corrected chi connectivity index (χ0v) is 14.2. The smallest absolute Gasteiger partial charge is 0.211 e. The number of nitrogens with zero attached hydrogens (tertiary/aromatic N) is 1. The molecule has 0 atom stereocenters. The highest BCUT2D eigenvalue weighted by molar-refractivity contribution is 7.89. The summed E-state index contributed by atoms with van der Waals surface area (Å²) in [5, 5.41) is 0. The number of ether oxygens (including phenoxy) is 1. The Hall–Kier alpha value is -0.170. The van der Waals surface area contributed by atoms with E-state index in [4.69, 9.17) is 4.74 Å². The predicted octanol–water partition coefficient (Wildman–Crippen LogP) is 1.45. The quantitative estimate of drug-likeness (QED) is 0.805. The fourth-order valence-electron chi connectivity index (χ4n) is 3.32. The average Bonchev–Trinajstić information content (AvgIpc) is 2.45. The van der Waals surface area contributed by atoms with Gasteiger partial charge in [0.15, 0.2) is 0 Å². The second-order valence-electron chi connectivity index (χ2n) is 6.85. The number of hydrogen-bond acceptors (Lipinski definition) is 4. The van der Waals surface area contributed by atoms with Crippen molar-refractivity contribution in [1.82, 2.24) is 9.62 Å². The minimum Gasteiger partial charge on any atom is -0.381 e. The number of rotatable bonds is 6. The van der Waals surface area contributed by atoms with Crippen molar-refractivity contribution in [1.29, 1.82) is 0 Å². The lowest BCUT2D eigenvalue weighted by Gasteiger charge is -2.39.